The van der Waals surface area contributed by atoms with Crippen LogP contribution in [0, 0.1) is 0 Å². The van der Waals surface area contributed by atoms with E-state index in [-0.39, 0.29) is 23.4 Å². The van der Waals surface area contributed by atoms with Crippen molar-refractivity contribution in [1.29, 1.82) is 0 Å². The molecule has 0 saturated carbocycles. The number of nitrogens with one attached hydrogen (secondary N) is 2. The molecule has 3 aromatic rings. The van der Waals surface area contributed by atoms with E-state index in [0.717, 1.165) is 31.8 Å². The van der Waals surface area contributed by atoms with E-state index < -0.39 is 0 Å². The van der Waals surface area contributed by atoms with Gasteiger partial charge in [-0.15, -0.1) is 10.2 Å². The smallest absolute Gasteiger partial charge is 0.286 e. The van der Waals surface area contributed by atoms with E-state index in [1.807, 2.05) is 30.3 Å². The molecule has 33 heavy (non-hydrogen) atoms. The topological polar surface area (TPSA) is 96.5 Å². The highest BCUT2D eigenvalue weighted by Gasteiger charge is 2.15. The van der Waals surface area contributed by atoms with Crippen LogP contribution in [0.5, 0.6) is 5.75 Å². The summed E-state index contributed by atoms with van der Waals surface area (Å²) in [7, 11) is 0. The van der Waals surface area contributed by atoms with Crippen molar-refractivity contribution < 1.29 is 14.3 Å². The third-order valence-electron chi connectivity index (χ3n) is 5.28. The standard InChI is InChI=1S/C24H27N5O3S/c30-22(25-12-7-15-29-13-4-5-14-29)18-8-6-9-19(16-18)26-23(31)24-28-27-21(33-24)17-32-20-10-2-1-3-11-20/h1-3,6,8-11,16H,4-5,7,12-15,17H2,(H,25,30)(H,26,31). The Hall–Kier alpha value is -3.30. The minimum absolute atomic E-state index is 0.149. The van der Waals surface area contributed by atoms with Crippen LogP contribution >= 0.6 is 11.3 Å². The van der Waals surface area contributed by atoms with Gasteiger partial charge in [-0.1, -0.05) is 35.6 Å². The minimum atomic E-state index is -0.373. The Balaban J connectivity index is 1.25. The third-order valence-corrected chi connectivity index (χ3v) is 6.18. The first-order valence-corrected chi connectivity index (χ1v) is 11.9. The van der Waals surface area contributed by atoms with Gasteiger partial charge in [-0.3, -0.25) is 9.59 Å². The van der Waals surface area contributed by atoms with Crippen LogP contribution in [0.15, 0.2) is 54.6 Å². The molecular weight excluding hydrogens is 438 g/mol. The number of hydrogen-bond acceptors (Lipinski definition) is 7. The molecule has 1 fully saturated rings. The molecule has 1 saturated heterocycles. The van der Waals surface area contributed by atoms with Crippen LogP contribution < -0.4 is 15.4 Å². The average Bonchev–Trinajstić information content (AvgIpc) is 3.54. The van der Waals surface area contributed by atoms with Gasteiger partial charge in [0.05, 0.1) is 0 Å². The van der Waals surface area contributed by atoms with Crippen LogP contribution in [-0.4, -0.2) is 53.1 Å². The Morgan fingerprint density at radius 3 is 2.64 bits per heavy atom. The summed E-state index contributed by atoms with van der Waals surface area (Å²) in [6, 6.07) is 16.3. The molecule has 0 aliphatic carbocycles. The van der Waals surface area contributed by atoms with Crippen molar-refractivity contribution in [2.45, 2.75) is 25.9 Å². The molecule has 0 radical (unpaired) electrons. The van der Waals surface area contributed by atoms with Crippen molar-refractivity contribution in [3.63, 3.8) is 0 Å². The number of anilines is 1. The maximum Gasteiger partial charge on any atom is 0.286 e. The number of amides is 2. The summed E-state index contributed by atoms with van der Waals surface area (Å²) >= 11 is 1.17. The normalized spacial score (nSPS) is 13.6. The van der Waals surface area contributed by atoms with E-state index >= 15 is 0 Å². The Kier molecular flexibility index (Phi) is 7.99. The predicted octanol–water partition coefficient (Wildman–Crippen LogP) is 3.59. The van der Waals surface area contributed by atoms with Crippen molar-refractivity contribution in [2.75, 3.05) is 31.5 Å². The fourth-order valence-electron chi connectivity index (χ4n) is 3.60. The van der Waals surface area contributed by atoms with Crippen LogP contribution in [-0.2, 0) is 6.61 Å². The third kappa shape index (κ3) is 6.84. The molecule has 9 heteroatoms. The number of ether oxygens (including phenoxy) is 1. The largest absolute Gasteiger partial charge is 0.486 e. The predicted molar refractivity (Wildman–Crippen MR) is 128 cm³/mol. The van der Waals surface area contributed by atoms with Gasteiger partial charge in [-0.05, 0) is 69.2 Å². The number of carbonyl (C=O) groups is 2. The van der Waals surface area contributed by atoms with E-state index in [1.165, 1.54) is 24.2 Å². The van der Waals surface area contributed by atoms with Crippen molar-refractivity contribution >= 4 is 28.8 Å². The lowest BCUT2D eigenvalue weighted by Gasteiger charge is -2.14. The van der Waals surface area contributed by atoms with Gasteiger partial charge in [-0.2, -0.15) is 0 Å². The van der Waals surface area contributed by atoms with Crippen LogP contribution in [0.1, 0.15) is 44.4 Å². The second-order valence-electron chi connectivity index (χ2n) is 7.80. The first-order chi connectivity index (χ1) is 16.2. The monoisotopic (exact) mass is 465 g/mol. The molecule has 0 unspecified atom stereocenters. The summed E-state index contributed by atoms with van der Waals surface area (Å²) < 4.78 is 5.64. The summed E-state index contributed by atoms with van der Waals surface area (Å²) in [5, 5.41) is 14.6. The molecule has 8 nitrogen and oxygen atoms in total. The molecule has 4 rings (SSSR count). The molecule has 0 bridgehead atoms. The molecule has 1 aliphatic rings. The van der Waals surface area contributed by atoms with Gasteiger partial charge < -0.3 is 20.3 Å². The molecular formula is C24H27N5O3S. The number of rotatable bonds is 10. The fraction of sp³-hybridized carbons (Fsp3) is 0.333. The van der Waals surface area contributed by atoms with Crippen molar-refractivity contribution in [1.82, 2.24) is 20.4 Å². The van der Waals surface area contributed by atoms with E-state index in [2.05, 4.69) is 25.7 Å². The summed E-state index contributed by atoms with van der Waals surface area (Å²) in [6.45, 7) is 4.20. The van der Waals surface area contributed by atoms with Crippen molar-refractivity contribution in [3.8, 4) is 5.75 Å². The molecule has 1 aromatic heterocycles. The van der Waals surface area contributed by atoms with E-state index in [0.29, 0.717) is 22.8 Å². The summed E-state index contributed by atoms with van der Waals surface area (Å²) in [5.41, 5.74) is 1.03. The van der Waals surface area contributed by atoms with Gasteiger partial charge in [-0.25, -0.2) is 0 Å². The molecule has 1 aliphatic heterocycles. The quantitative estimate of drug-likeness (QED) is 0.444. The number of nitrogens with zero attached hydrogens (tertiary/aromatic N) is 3. The summed E-state index contributed by atoms with van der Waals surface area (Å²) in [5.74, 6) is 0.204. The number of aromatic nitrogens is 2. The molecule has 2 aromatic carbocycles. The second-order valence-corrected chi connectivity index (χ2v) is 8.86. The molecule has 2 heterocycles. The lowest BCUT2D eigenvalue weighted by Crippen LogP contribution is -2.28. The summed E-state index contributed by atoms with van der Waals surface area (Å²) in [6.07, 6.45) is 3.46. The highest BCUT2D eigenvalue weighted by Crippen LogP contribution is 2.17. The Morgan fingerprint density at radius 1 is 1.00 bits per heavy atom. The number of para-hydroxylation sites is 1. The zero-order valence-corrected chi connectivity index (χ0v) is 19.1. The zero-order valence-electron chi connectivity index (χ0n) is 18.3. The highest BCUT2D eigenvalue weighted by atomic mass is 32.1. The molecule has 172 valence electrons. The molecule has 2 N–H and O–H groups in total. The Labute approximate surface area is 197 Å². The van der Waals surface area contributed by atoms with E-state index in [4.69, 9.17) is 4.74 Å². The lowest BCUT2D eigenvalue weighted by atomic mass is 10.2. The first kappa shape index (κ1) is 22.9. The van der Waals surface area contributed by atoms with Crippen molar-refractivity contribution in [2.24, 2.45) is 0 Å². The highest BCUT2D eigenvalue weighted by molar-refractivity contribution is 7.13. The number of carbonyl (C=O) groups excluding carboxylic acids is 2. The SMILES string of the molecule is O=C(NCCCN1CCCC1)c1cccc(NC(=O)c2nnc(COc3ccccc3)s2)c1. The van der Waals surface area contributed by atoms with Crippen molar-refractivity contribution in [3.05, 3.63) is 70.2 Å². The van der Waals surface area contributed by atoms with Crippen LogP contribution in [0.3, 0.4) is 0 Å². The molecule has 0 atom stereocenters. The summed E-state index contributed by atoms with van der Waals surface area (Å²) in [4.78, 5) is 27.5. The van der Waals surface area contributed by atoms with E-state index in [1.54, 1.807) is 24.3 Å². The first-order valence-electron chi connectivity index (χ1n) is 11.1. The van der Waals surface area contributed by atoms with Gasteiger partial charge in [0.15, 0.2) is 5.01 Å². The van der Waals surface area contributed by atoms with Crippen LogP contribution in [0.4, 0.5) is 5.69 Å². The number of hydrogen-bond donors (Lipinski definition) is 2. The van der Waals surface area contributed by atoms with Gasteiger partial charge in [0.1, 0.15) is 12.4 Å². The average molecular weight is 466 g/mol. The minimum Gasteiger partial charge on any atom is -0.486 e. The lowest BCUT2D eigenvalue weighted by molar-refractivity contribution is 0.0950. The zero-order chi connectivity index (χ0) is 22.9. The Bertz CT molecular complexity index is 1070. The van der Waals surface area contributed by atoms with E-state index in [9.17, 15) is 9.59 Å². The van der Waals surface area contributed by atoms with Gasteiger partial charge in [0.2, 0.25) is 5.01 Å². The number of benzene rings is 2. The molecule has 2 amide bonds. The number of likely N-dealkylation sites (tertiary alicyclic amines) is 1. The van der Waals surface area contributed by atoms with Crippen LogP contribution in [0.2, 0.25) is 0 Å². The maximum absolute atomic E-state index is 12.6. The van der Waals surface area contributed by atoms with Gasteiger partial charge >= 0.3 is 0 Å². The maximum atomic E-state index is 12.6. The van der Waals surface area contributed by atoms with Crippen LogP contribution in [0.25, 0.3) is 0 Å². The van der Waals surface area contributed by atoms with Gasteiger partial charge in [0.25, 0.3) is 11.8 Å². The van der Waals surface area contributed by atoms with Gasteiger partial charge in [0, 0.05) is 17.8 Å². The fourth-order valence-corrected chi connectivity index (χ4v) is 4.25. The molecule has 0 spiro atoms. The Morgan fingerprint density at radius 2 is 1.82 bits per heavy atom. The second kappa shape index (κ2) is 11.5.